The Morgan fingerprint density at radius 1 is 1.03 bits per heavy atom. The highest BCUT2D eigenvalue weighted by molar-refractivity contribution is 5.99. The molecule has 1 amide bonds. The van der Waals surface area contributed by atoms with Crippen molar-refractivity contribution >= 4 is 16.9 Å². The topological polar surface area (TPSA) is 72.9 Å². The maximum absolute atomic E-state index is 13.9. The van der Waals surface area contributed by atoms with Gasteiger partial charge in [-0.1, -0.05) is 38.0 Å². The summed E-state index contributed by atoms with van der Waals surface area (Å²) >= 11 is 0. The lowest BCUT2D eigenvalue weighted by molar-refractivity contribution is 0.0701. The summed E-state index contributed by atoms with van der Waals surface area (Å²) in [4.78, 5) is 29.1. The van der Waals surface area contributed by atoms with E-state index in [1.807, 2.05) is 56.3 Å². The quantitative estimate of drug-likeness (QED) is 0.281. The van der Waals surface area contributed by atoms with Crippen LogP contribution in [0.3, 0.4) is 0 Å². The summed E-state index contributed by atoms with van der Waals surface area (Å²) in [5, 5.41) is 0.513. The molecule has 35 heavy (non-hydrogen) atoms. The summed E-state index contributed by atoms with van der Waals surface area (Å²) in [6.07, 6.45) is 4.78. The summed E-state index contributed by atoms with van der Waals surface area (Å²) in [6, 6.07) is 14.4. The minimum atomic E-state index is -0.608. The average molecular weight is 472 g/mol. The highest BCUT2D eigenvalue weighted by Gasteiger charge is 2.43. The maximum Gasteiger partial charge on any atom is 0.291 e. The minimum absolute atomic E-state index is 0.0957. The van der Waals surface area contributed by atoms with E-state index in [2.05, 4.69) is 6.92 Å². The lowest BCUT2D eigenvalue weighted by atomic mass is 9.96. The van der Waals surface area contributed by atoms with Crippen LogP contribution in [0.2, 0.25) is 0 Å². The maximum atomic E-state index is 13.9. The molecule has 0 saturated carbocycles. The largest absolute Gasteiger partial charge is 0.494 e. The van der Waals surface area contributed by atoms with Crippen molar-refractivity contribution in [2.24, 2.45) is 0 Å². The van der Waals surface area contributed by atoms with Crippen molar-refractivity contribution in [1.29, 1.82) is 0 Å². The van der Waals surface area contributed by atoms with Crippen molar-refractivity contribution in [3.05, 3.63) is 98.8 Å². The second-order valence-electron chi connectivity index (χ2n) is 9.17. The van der Waals surface area contributed by atoms with Gasteiger partial charge < -0.3 is 18.5 Å². The van der Waals surface area contributed by atoms with Gasteiger partial charge in [-0.2, -0.15) is 0 Å². The first-order chi connectivity index (χ1) is 17.0. The van der Waals surface area contributed by atoms with Crippen LogP contribution in [0.4, 0.5) is 0 Å². The second-order valence-corrected chi connectivity index (χ2v) is 9.17. The van der Waals surface area contributed by atoms with E-state index in [1.54, 1.807) is 17.2 Å². The average Bonchev–Trinajstić information content (AvgIpc) is 3.44. The highest BCUT2D eigenvalue weighted by atomic mass is 16.5. The summed E-state index contributed by atoms with van der Waals surface area (Å²) in [5.41, 5.74) is 3.23. The van der Waals surface area contributed by atoms with E-state index < -0.39 is 6.04 Å². The zero-order chi connectivity index (χ0) is 24.5. The fourth-order valence-corrected chi connectivity index (χ4v) is 4.91. The molecule has 2 aromatic carbocycles. The summed E-state index contributed by atoms with van der Waals surface area (Å²) < 4.78 is 17.6. The van der Waals surface area contributed by atoms with Gasteiger partial charge in [0.25, 0.3) is 5.91 Å². The molecule has 1 atom stereocenters. The first-order valence-corrected chi connectivity index (χ1v) is 12.1. The molecule has 6 heteroatoms. The van der Waals surface area contributed by atoms with E-state index >= 15 is 0 Å². The third-order valence-corrected chi connectivity index (χ3v) is 6.51. The molecule has 0 aliphatic carbocycles. The normalized spacial score (nSPS) is 15.1. The number of carbonyl (C=O) groups excluding carboxylic acids is 1. The molecule has 180 valence electrons. The van der Waals surface area contributed by atoms with Crippen LogP contribution in [0.15, 0.2) is 68.4 Å². The molecule has 1 aliphatic heterocycles. The Kier molecular flexibility index (Phi) is 6.20. The fraction of sp³-hybridized carbons (Fsp3) is 0.310. The molecule has 0 bridgehead atoms. The fourth-order valence-electron chi connectivity index (χ4n) is 4.91. The van der Waals surface area contributed by atoms with Gasteiger partial charge in [0, 0.05) is 0 Å². The van der Waals surface area contributed by atoms with Gasteiger partial charge in [0.2, 0.25) is 5.76 Å². The lowest BCUT2D eigenvalue weighted by Gasteiger charge is -2.24. The van der Waals surface area contributed by atoms with Gasteiger partial charge in [-0.3, -0.25) is 9.59 Å². The number of hydrogen-bond donors (Lipinski definition) is 0. The van der Waals surface area contributed by atoms with E-state index in [1.165, 1.54) is 0 Å². The van der Waals surface area contributed by atoms with Gasteiger partial charge in [-0.25, -0.2) is 0 Å². The zero-order valence-corrected chi connectivity index (χ0v) is 20.3. The predicted octanol–water partition coefficient (Wildman–Crippen LogP) is 6.32. The molecular weight excluding hydrogens is 442 g/mol. The van der Waals surface area contributed by atoms with E-state index in [0.29, 0.717) is 28.9 Å². The van der Waals surface area contributed by atoms with Gasteiger partial charge in [0.1, 0.15) is 17.1 Å². The van der Waals surface area contributed by atoms with E-state index in [-0.39, 0.29) is 23.6 Å². The van der Waals surface area contributed by atoms with Crippen LogP contribution in [0, 0.1) is 13.8 Å². The molecular formula is C29H29NO5. The molecule has 0 fully saturated rings. The number of fused-ring (bicyclic) bond motifs is 2. The van der Waals surface area contributed by atoms with Gasteiger partial charge in [0.05, 0.1) is 36.4 Å². The Bertz CT molecular complexity index is 1430. The number of benzene rings is 2. The van der Waals surface area contributed by atoms with Gasteiger partial charge >= 0.3 is 0 Å². The van der Waals surface area contributed by atoms with Crippen LogP contribution in [0.1, 0.15) is 70.8 Å². The number of unbranched alkanes of at least 4 members (excludes halogenated alkanes) is 2. The van der Waals surface area contributed by atoms with Crippen molar-refractivity contribution < 1.29 is 18.4 Å². The molecule has 0 saturated heterocycles. The zero-order valence-electron chi connectivity index (χ0n) is 20.3. The number of rotatable bonds is 8. The molecule has 5 rings (SSSR count). The molecule has 1 aliphatic rings. The van der Waals surface area contributed by atoms with Crippen LogP contribution in [-0.4, -0.2) is 17.4 Å². The third kappa shape index (κ3) is 4.25. The third-order valence-electron chi connectivity index (χ3n) is 6.51. The Morgan fingerprint density at radius 3 is 2.66 bits per heavy atom. The first-order valence-electron chi connectivity index (χ1n) is 12.1. The predicted molar refractivity (Wildman–Crippen MR) is 134 cm³/mol. The summed E-state index contributed by atoms with van der Waals surface area (Å²) in [5.74, 6) is 1.12. The molecule has 3 heterocycles. The number of amides is 1. The molecule has 6 nitrogen and oxygen atoms in total. The minimum Gasteiger partial charge on any atom is -0.494 e. The molecule has 0 spiro atoms. The van der Waals surface area contributed by atoms with Crippen LogP contribution in [0.25, 0.3) is 11.0 Å². The number of nitrogens with zero attached hydrogens (tertiary/aromatic N) is 1. The van der Waals surface area contributed by atoms with Crippen LogP contribution in [-0.2, 0) is 6.54 Å². The van der Waals surface area contributed by atoms with Crippen LogP contribution < -0.4 is 10.2 Å². The Morgan fingerprint density at radius 2 is 1.89 bits per heavy atom. The van der Waals surface area contributed by atoms with E-state index in [9.17, 15) is 9.59 Å². The molecule has 0 N–H and O–H groups in total. The van der Waals surface area contributed by atoms with Crippen molar-refractivity contribution in [2.75, 3.05) is 6.61 Å². The summed E-state index contributed by atoms with van der Waals surface area (Å²) in [6.45, 7) is 6.84. The van der Waals surface area contributed by atoms with Gasteiger partial charge in [-0.15, -0.1) is 0 Å². The van der Waals surface area contributed by atoms with E-state index in [4.69, 9.17) is 13.6 Å². The van der Waals surface area contributed by atoms with E-state index in [0.717, 1.165) is 41.7 Å². The van der Waals surface area contributed by atoms with Gasteiger partial charge in [0.15, 0.2) is 5.43 Å². The van der Waals surface area contributed by atoms with Crippen molar-refractivity contribution in [3.63, 3.8) is 0 Å². The smallest absolute Gasteiger partial charge is 0.291 e. The Balaban J connectivity index is 1.64. The second kappa shape index (κ2) is 9.45. The first kappa shape index (κ1) is 23.0. The number of aryl methyl sites for hydroxylation is 2. The SMILES string of the molecule is CCCCCOc1cccc(C2c3c(oc4cc(C)cc(C)c4c3=O)C(=O)N2Cc2ccco2)c1. The monoisotopic (exact) mass is 471 g/mol. The van der Waals surface area contributed by atoms with Crippen LogP contribution in [0.5, 0.6) is 5.75 Å². The number of furan rings is 1. The molecule has 2 aromatic heterocycles. The van der Waals surface area contributed by atoms with Crippen molar-refractivity contribution in [3.8, 4) is 5.75 Å². The molecule has 0 radical (unpaired) electrons. The standard InChI is InChI=1S/C29H29NO5/c1-4-5-6-12-33-21-10-7-9-20(16-21)26-25-27(31)24-19(3)14-18(2)15-23(24)35-28(25)29(32)30(26)17-22-11-8-13-34-22/h7-11,13-16,26H,4-6,12,17H2,1-3H3. The summed E-state index contributed by atoms with van der Waals surface area (Å²) in [7, 11) is 0. The molecule has 4 aromatic rings. The van der Waals surface area contributed by atoms with Crippen molar-refractivity contribution in [1.82, 2.24) is 4.90 Å². The van der Waals surface area contributed by atoms with Crippen molar-refractivity contribution in [2.45, 2.75) is 52.6 Å². The number of ether oxygens (including phenoxy) is 1. The number of hydrogen-bond acceptors (Lipinski definition) is 5. The Labute approximate surface area is 204 Å². The number of carbonyl (C=O) groups is 1. The molecule has 1 unspecified atom stereocenters. The van der Waals surface area contributed by atoms with Crippen LogP contribution >= 0.6 is 0 Å². The lowest BCUT2D eigenvalue weighted by Crippen LogP contribution is -2.29. The Hall–Kier alpha value is -3.80. The highest BCUT2D eigenvalue weighted by Crippen LogP contribution is 2.40. The van der Waals surface area contributed by atoms with Gasteiger partial charge in [-0.05, 0) is 67.3 Å².